The molecule has 17 aromatic carbocycles. The number of carbonyl (C=O) groups excluding carboxylic acids is 3. The molecule has 0 bridgehead atoms. The molecule has 0 saturated heterocycles. The number of nitrogens with zero attached hydrogens (tertiary/aromatic N) is 7. The molecule has 2 amide bonds. The number of hydrogen-bond acceptors (Lipinski definition) is 24. The molecule has 0 radical (unpaired) electrons. The summed E-state index contributed by atoms with van der Waals surface area (Å²) in [5, 5.41) is 33.6. The average Bonchev–Trinajstić information content (AvgIpc) is 1.60. The Balaban J connectivity index is 0.000000117. The number of nitrogens with one attached hydrogen (secondary N) is 5. The van der Waals surface area contributed by atoms with Crippen molar-refractivity contribution in [3.8, 4) is 21.1 Å². The van der Waals surface area contributed by atoms with Crippen LogP contribution in [0.1, 0.15) is 48.6 Å². The number of anilines is 8. The van der Waals surface area contributed by atoms with Gasteiger partial charge in [-0.15, -0.1) is 45.3 Å². The van der Waals surface area contributed by atoms with Crippen molar-refractivity contribution < 1.29 is 14.4 Å². The Bertz CT molecular complexity index is 8200. The zero-order valence-electron chi connectivity index (χ0n) is 74.4. The number of halogens is 2. The smallest absolute Gasteiger partial charge is 0.285 e. The van der Waals surface area contributed by atoms with Crippen molar-refractivity contribution in [3.63, 3.8) is 0 Å². The highest BCUT2D eigenvalue weighted by Gasteiger charge is 2.20. The van der Waals surface area contributed by atoms with Crippen molar-refractivity contribution in [2.24, 2.45) is 16.5 Å². The number of aliphatic imine (C=N–C) groups is 1. The molecule has 34 heteroatoms. The molecule has 6 heterocycles. The molecule has 0 saturated carbocycles. The maximum absolute atomic E-state index is 12.5. The summed E-state index contributed by atoms with van der Waals surface area (Å²) in [6.45, 7) is 4.22. The van der Waals surface area contributed by atoms with E-state index in [2.05, 4.69) is 219 Å². The molecule has 141 heavy (non-hydrogen) atoms. The molecular formula is C107H78Br2N18O3S11. The summed E-state index contributed by atoms with van der Waals surface area (Å²) in [7, 11) is 0. The van der Waals surface area contributed by atoms with Crippen molar-refractivity contribution in [2.75, 3.05) is 44.2 Å². The van der Waals surface area contributed by atoms with Gasteiger partial charge in [-0.1, -0.05) is 270 Å². The Hall–Kier alpha value is -14.4. The number of hydrogen-bond donors (Lipinski definition) is 11. The summed E-state index contributed by atoms with van der Waals surface area (Å²) < 4.78 is 8.86. The number of amides is 2. The number of thiocarbonyl (C=S) groups is 5. The standard InChI is InChI=1S/C27H21N3O2S2.C26H18N2S2.C12H4Br2N2S2.C12H8N4S2.C12H12N4S2.C10H10N2.C8H5NOS/c31-24(18-9-3-1-4-10-18)17-25(33)28-22-15-7-14-21-20(22)13-8-16-23(21)29-27(34)30-26(32)19-11-5-2-6-12-19;1-15-3-7-17(8-4-15)25-27-23-19-12-14-22-24(20(19)11-13-21(23)29-25)28-26(30-22)18-9-5-16(2)6-10-18;2*13-11-15-9-5-1-3-7-10(16-12(14)17-7)6(5)2-4-8(9)18-11;13-11(17)15-9-5-1-3-7-8(9)4-2-6-10(7)16-12(14)18;11-9-5-1-3-7-8(9)4-2-6-10(7)12;10-8(9-6-11)7-4-2-1-3-5-7/h1-16H,17H2,(H,28,33)(H2,29,30,32,34);3-14H,1-2H3;1-4H;1-4H,(H2,13,15)(H2,14,16);1-6H,(H3,13,15,17)(H3,14,16,18);1-6H,11-12H2;1-5H. The first kappa shape index (κ1) is 98.2. The highest BCUT2D eigenvalue weighted by molar-refractivity contribution is 9.11. The number of fused-ring (bicyclic) bond motifs is 18. The van der Waals surface area contributed by atoms with Gasteiger partial charge >= 0.3 is 0 Å². The second kappa shape index (κ2) is 44.8. The zero-order valence-corrected chi connectivity index (χ0v) is 86.5. The predicted molar refractivity (Wildman–Crippen MR) is 625 cm³/mol. The molecule has 0 aliphatic heterocycles. The van der Waals surface area contributed by atoms with Crippen molar-refractivity contribution in [1.29, 1.82) is 0 Å². The minimum atomic E-state index is -0.347. The van der Waals surface area contributed by atoms with Gasteiger partial charge in [0.1, 0.15) is 10.0 Å². The lowest BCUT2D eigenvalue weighted by atomic mass is 10.1. The molecule has 17 N–H and O–H groups in total. The van der Waals surface area contributed by atoms with E-state index in [-0.39, 0.29) is 39.4 Å². The first-order valence-corrected chi connectivity index (χ1v) is 51.6. The lowest BCUT2D eigenvalue weighted by Gasteiger charge is -2.15. The molecule has 694 valence electrons. The highest BCUT2D eigenvalue weighted by atomic mass is 79.9. The van der Waals surface area contributed by atoms with Crippen LogP contribution in [0.4, 0.5) is 44.4 Å². The van der Waals surface area contributed by atoms with E-state index in [0.29, 0.717) is 31.9 Å². The van der Waals surface area contributed by atoms with Crippen molar-refractivity contribution >= 4 is 374 Å². The number of thiazole rings is 6. The molecule has 23 aromatic rings. The van der Waals surface area contributed by atoms with E-state index >= 15 is 0 Å². The first-order valence-electron chi connectivity index (χ1n) is 43.1. The fourth-order valence-electron chi connectivity index (χ4n) is 15.5. The van der Waals surface area contributed by atoms with Crippen molar-refractivity contribution in [2.45, 2.75) is 20.3 Å². The van der Waals surface area contributed by atoms with Crippen molar-refractivity contribution in [1.82, 2.24) is 35.2 Å². The fourth-order valence-corrected chi connectivity index (χ4v) is 22.6. The number of rotatable bonds is 11. The number of ketones is 1. The molecule has 21 nitrogen and oxygen atoms in total. The molecule has 0 aliphatic rings. The maximum atomic E-state index is 12.5. The lowest BCUT2D eigenvalue weighted by Crippen LogP contribution is -2.34. The quantitative estimate of drug-likeness (QED) is 0.0248. The van der Waals surface area contributed by atoms with Crippen LogP contribution in [-0.2, 0) is 0 Å². The Kier molecular flexibility index (Phi) is 31.2. The SMILES string of the molecule is Brc1nc2c(ccc3c2ccc2sc(Br)nc23)s1.Cc1ccc(-c2nc3c(ccc4c3ccc3sc(-c5ccc(C)cc5)nc34)s2)cc1.NC(=S)Nc1cccc2c(NC(N)=S)cccc12.Nc1cccc2c(N)cccc12.Nc1nc2c(ccc3c2ccc2sc(N)nc23)s1.O=C(CC(=S)Nc1cccc2c(NC(=S)NC(=O)c3ccccc3)cccc12)c1ccccc1.O=C(N=C=S)c1ccccc1. The van der Waals surface area contributed by atoms with Crippen LogP contribution in [0.2, 0.25) is 0 Å². The van der Waals surface area contributed by atoms with Gasteiger partial charge in [0.15, 0.2) is 39.2 Å². The van der Waals surface area contributed by atoms with Gasteiger partial charge in [0.05, 0.1) is 77.9 Å². The number of carbonyl (C=O) groups is 3. The number of benzene rings is 17. The van der Waals surface area contributed by atoms with Crippen LogP contribution in [0.5, 0.6) is 0 Å². The topological polar surface area (TPSA) is 357 Å². The number of nitrogens with two attached hydrogens (primary N) is 6. The monoisotopic (exact) mass is 2170 g/mol. The van der Waals surface area contributed by atoms with Crippen LogP contribution in [-0.4, -0.2) is 73.0 Å². The van der Waals surface area contributed by atoms with E-state index in [9.17, 15) is 14.4 Å². The van der Waals surface area contributed by atoms with E-state index in [4.69, 9.17) is 93.2 Å². The normalized spacial score (nSPS) is 10.8. The number of nitrogen functional groups attached to an aromatic ring is 4. The molecule has 0 spiro atoms. The van der Waals surface area contributed by atoms with Gasteiger partial charge in [-0.2, -0.15) is 4.99 Å². The number of aromatic nitrogens is 6. The fraction of sp³-hybridized carbons (Fsp3) is 0.0280. The third-order valence-electron chi connectivity index (χ3n) is 22.0. The van der Waals surface area contributed by atoms with E-state index in [0.717, 1.165) is 138 Å². The largest absolute Gasteiger partial charge is 0.398 e. The Morgan fingerprint density at radius 3 is 1.03 bits per heavy atom. The maximum Gasteiger partial charge on any atom is 0.285 e. The molecule has 6 aromatic heterocycles. The number of isothiocyanates is 1. The van der Waals surface area contributed by atoms with Gasteiger partial charge in [0.2, 0.25) is 0 Å². The Labute approximate surface area is 874 Å². The lowest BCUT2D eigenvalue weighted by molar-refractivity contribution is 0.0974. The minimum absolute atomic E-state index is 0.0415. The minimum Gasteiger partial charge on any atom is -0.398 e. The third kappa shape index (κ3) is 23.3. The van der Waals surface area contributed by atoms with E-state index in [1.807, 2.05) is 157 Å². The van der Waals surface area contributed by atoms with E-state index in [1.54, 1.807) is 106 Å². The van der Waals surface area contributed by atoms with Crippen LogP contribution in [0.25, 0.3) is 147 Å². The number of aryl methyl sites for hydroxylation is 2. The van der Waals surface area contributed by atoms with Crippen LogP contribution in [0, 0.1) is 13.8 Å². The third-order valence-corrected chi connectivity index (χ3v) is 29.6. The molecule has 0 fully saturated rings. The second-order valence-electron chi connectivity index (χ2n) is 31.4. The molecule has 0 atom stereocenters. The summed E-state index contributed by atoms with van der Waals surface area (Å²) in [5.74, 6) is -0.671. The average molecular weight is 2180 g/mol. The van der Waals surface area contributed by atoms with Crippen LogP contribution < -0.4 is 61.0 Å². The van der Waals surface area contributed by atoms with E-state index < -0.39 is 0 Å². The van der Waals surface area contributed by atoms with Crippen LogP contribution in [0.15, 0.2) is 334 Å². The van der Waals surface area contributed by atoms with Gasteiger partial charge in [0.25, 0.3) is 11.8 Å². The highest BCUT2D eigenvalue weighted by Crippen LogP contribution is 2.43. The van der Waals surface area contributed by atoms with Gasteiger partial charge in [-0.05, 0) is 192 Å². The van der Waals surface area contributed by atoms with Crippen molar-refractivity contribution in [3.05, 3.63) is 357 Å². The van der Waals surface area contributed by atoms with Crippen LogP contribution >= 0.6 is 161 Å². The summed E-state index contributed by atoms with van der Waals surface area (Å²) in [5.41, 5.74) is 51.6. The van der Waals surface area contributed by atoms with Gasteiger partial charge < -0.3 is 55.7 Å². The number of Topliss-reactive ketones (excluding diaryl/α,β-unsaturated/α-hetero) is 1. The van der Waals surface area contributed by atoms with Gasteiger partial charge in [-0.25, -0.2) is 29.9 Å². The second-order valence-corrected chi connectivity index (χ2v) is 42.2. The Morgan fingerprint density at radius 2 is 0.652 bits per heavy atom. The van der Waals surface area contributed by atoms with E-state index in [1.165, 1.54) is 85.3 Å². The van der Waals surface area contributed by atoms with Gasteiger partial charge in [-0.3, -0.25) is 19.7 Å². The summed E-state index contributed by atoms with van der Waals surface area (Å²) in [4.78, 5) is 67.5. The first-order chi connectivity index (χ1) is 68.3. The molecule has 23 rings (SSSR count). The Morgan fingerprint density at radius 1 is 0.333 bits per heavy atom. The van der Waals surface area contributed by atoms with Gasteiger partial charge in [0, 0.05) is 127 Å². The zero-order chi connectivity index (χ0) is 98.5. The molecule has 0 unspecified atom stereocenters. The summed E-state index contributed by atoms with van der Waals surface area (Å²) >= 11 is 41.5. The molecular weight excluding hydrogens is 2100 g/mol. The van der Waals surface area contributed by atoms with Crippen LogP contribution in [0.3, 0.4) is 0 Å². The molecule has 0 aliphatic carbocycles. The summed E-state index contributed by atoms with van der Waals surface area (Å²) in [6, 6.07) is 104. The predicted octanol–water partition coefficient (Wildman–Crippen LogP) is 28.9. The summed E-state index contributed by atoms with van der Waals surface area (Å²) in [6.07, 6.45) is 0.114.